The molecule has 1 aromatic carbocycles. The lowest BCUT2D eigenvalue weighted by Crippen LogP contribution is -2.01. The summed E-state index contributed by atoms with van der Waals surface area (Å²) in [5.41, 5.74) is 0.689. The lowest BCUT2D eigenvalue weighted by atomic mass is 10.1. The van der Waals surface area contributed by atoms with Gasteiger partial charge in [0.1, 0.15) is 6.10 Å². The minimum absolute atomic E-state index is 0.312. The zero-order valence-corrected chi connectivity index (χ0v) is 9.72. The Bertz CT molecular complexity index is 457. The van der Waals surface area contributed by atoms with Crippen molar-refractivity contribution < 1.29 is 5.11 Å². The second kappa shape index (κ2) is 4.45. The third-order valence-electron chi connectivity index (χ3n) is 1.85. The molecule has 0 aliphatic rings. The summed E-state index contributed by atoms with van der Waals surface area (Å²) in [5.74, 6) is 0.312. The molecule has 0 radical (unpaired) electrons. The smallest absolute Gasteiger partial charge is 0.203 e. The first-order valence-electron chi connectivity index (χ1n) is 4.09. The van der Waals surface area contributed by atoms with Crippen molar-refractivity contribution in [1.29, 1.82) is 0 Å². The minimum Gasteiger partial charge on any atom is -0.380 e. The average Bonchev–Trinajstić information content (AvgIpc) is 2.65. The summed E-state index contributed by atoms with van der Waals surface area (Å²) in [7, 11) is 0. The molecular weight excluding hydrogens is 255 g/mol. The Kier molecular flexibility index (Phi) is 3.21. The first-order valence-corrected chi connectivity index (χ1v) is 5.62. The second-order valence-corrected chi connectivity index (χ2v) is 4.63. The number of benzene rings is 1. The molecule has 1 aromatic heterocycles. The molecule has 3 nitrogen and oxygen atoms in total. The van der Waals surface area contributed by atoms with E-state index in [1.165, 1.54) is 0 Å². The van der Waals surface area contributed by atoms with Gasteiger partial charge in [-0.3, -0.25) is 0 Å². The third-order valence-corrected chi connectivity index (χ3v) is 2.91. The van der Waals surface area contributed by atoms with Crippen LogP contribution in [0.25, 0.3) is 0 Å². The summed E-state index contributed by atoms with van der Waals surface area (Å²) >= 11 is 12.4. The lowest BCUT2D eigenvalue weighted by Gasteiger charge is -2.06. The van der Waals surface area contributed by atoms with E-state index in [4.69, 9.17) is 23.2 Å². The molecule has 0 amide bonds. The van der Waals surface area contributed by atoms with Crippen LogP contribution in [0.5, 0.6) is 0 Å². The highest BCUT2D eigenvalue weighted by Gasteiger charge is 2.15. The van der Waals surface area contributed by atoms with Gasteiger partial charge in [-0.2, -0.15) is 4.37 Å². The molecule has 0 spiro atoms. The summed E-state index contributed by atoms with van der Waals surface area (Å²) in [6, 6.07) is 6.85. The first-order chi connectivity index (χ1) is 7.16. The van der Waals surface area contributed by atoms with Gasteiger partial charge in [-0.25, -0.2) is 4.98 Å². The van der Waals surface area contributed by atoms with Gasteiger partial charge < -0.3 is 5.11 Å². The average molecular weight is 261 g/mol. The van der Waals surface area contributed by atoms with Crippen molar-refractivity contribution in [2.45, 2.75) is 6.10 Å². The molecule has 0 aliphatic heterocycles. The van der Waals surface area contributed by atoms with Crippen molar-refractivity contribution in [2.24, 2.45) is 0 Å². The normalized spacial score (nSPS) is 12.7. The van der Waals surface area contributed by atoms with Crippen LogP contribution in [0.3, 0.4) is 0 Å². The molecule has 1 N–H and O–H groups in total. The van der Waals surface area contributed by atoms with E-state index in [-0.39, 0.29) is 0 Å². The van der Waals surface area contributed by atoms with Gasteiger partial charge in [0.15, 0.2) is 5.82 Å². The Labute approximate surface area is 100 Å². The number of nitrogens with zero attached hydrogens (tertiary/aromatic N) is 2. The van der Waals surface area contributed by atoms with Crippen LogP contribution in [0.1, 0.15) is 17.5 Å². The van der Waals surface area contributed by atoms with Gasteiger partial charge in [-0.1, -0.05) is 23.7 Å². The molecule has 1 atom stereocenters. The van der Waals surface area contributed by atoms with E-state index >= 15 is 0 Å². The van der Waals surface area contributed by atoms with Crippen molar-refractivity contribution >= 4 is 34.7 Å². The summed E-state index contributed by atoms with van der Waals surface area (Å²) in [6.45, 7) is 0. The van der Waals surface area contributed by atoms with Crippen LogP contribution < -0.4 is 0 Å². The Morgan fingerprint density at radius 2 is 1.87 bits per heavy atom. The number of hydrogen-bond acceptors (Lipinski definition) is 4. The Balaban J connectivity index is 2.28. The fraction of sp³-hybridized carbons (Fsp3) is 0.111. The van der Waals surface area contributed by atoms with E-state index in [0.29, 0.717) is 20.9 Å². The Morgan fingerprint density at radius 1 is 1.20 bits per heavy atom. The standard InChI is InChI=1S/C9H6Cl2N2OS/c10-6-3-1-5(2-4-6)7(14)8-12-9(11)15-13-8/h1-4,7,14H. The molecule has 6 heteroatoms. The van der Waals surface area contributed by atoms with Gasteiger partial charge in [0.25, 0.3) is 0 Å². The molecule has 0 fully saturated rings. The van der Waals surface area contributed by atoms with Crippen LogP contribution >= 0.6 is 34.7 Å². The maximum absolute atomic E-state index is 9.88. The molecule has 2 aromatic rings. The predicted octanol–water partition coefficient (Wildman–Crippen LogP) is 2.93. The SMILES string of the molecule is OC(c1ccc(Cl)cc1)c1nsc(Cl)n1. The van der Waals surface area contributed by atoms with Gasteiger partial charge >= 0.3 is 0 Å². The Hall–Kier alpha value is -0.680. The Morgan fingerprint density at radius 3 is 2.40 bits per heavy atom. The number of rotatable bonds is 2. The maximum Gasteiger partial charge on any atom is 0.203 e. The minimum atomic E-state index is -0.856. The summed E-state index contributed by atoms with van der Waals surface area (Å²) in [4.78, 5) is 3.90. The third kappa shape index (κ3) is 2.46. The number of aromatic nitrogens is 2. The van der Waals surface area contributed by atoms with Gasteiger partial charge in [0.2, 0.25) is 4.47 Å². The van der Waals surface area contributed by atoms with Gasteiger partial charge in [0.05, 0.1) is 0 Å². The van der Waals surface area contributed by atoms with Gasteiger partial charge in [-0.15, -0.1) is 0 Å². The van der Waals surface area contributed by atoms with Crippen LogP contribution in [0, 0.1) is 0 Å². The summed E-state index contributed by atoms with van der Waals surface area (Å²) in [5, 5.41) is 10.5. The molecule has 0 aliphatic carbocycles. The van der Waals surface area contributed by atoms with E-state index in [9.17, 15) is 5.11 Å². The number of aliphatic hydroxyl groups is 1. The van der Waals surface area contributed by atoms with E-state index in [0.717, 1.165) is 11.5 Å². The van der Waals surface area contributed by atoms with Gasteiger partial charge in [0, 0.05) is 5.02 Å². The van der Waals surface area contributed by atoms with Crippen molar-refractivity contribution in [3.63, 3.8) is 0 Å². The quantitative estimate of drug-likeness (QED) is 0.904. The number of halogens is 2. The largest absolute Gasteiger partial charge is 0.380 e. The second-order valence-electron chi connectivity index (χ2n) is 2.86. The zero-order chi connectivity index (χ0) is 10.8. The molecule has 15 heavy (non-hydrogen) atoms. The molecule has 0 bridgehead atoms. The number of aliphatic hydroxyl groups excluding tert-OH is 1. The van der Waals surface area contributed by atoms with Crippen molar-refractivity contribution in [2.75, 3.05) is 0 Å². The van der Waals surface area contributed by atoms with Crippen molar-refractivity contribution in [1.82, 2.24) is 9.36 Å². The van der Waals surface area contributed by atoms with Crippen LogP contribution in [-0.4, -0.2) is 14.5 Å². The highest BCUT2D eigenvalue weighted by molar-refractivity contribution is 7.10. The predicted molar refractivity (Wildman–Crippen MR) is 60.4 cm³/mol. The van der Waals surface area contributed by atoms with Crippen LogP contribution in [-0.2, 0) is 0 Å². The van der Waals surface area contributed by atoms with Crippen LogP contribution in [0.15, 0.2) is 24.3 Å². The number of hydrogen-bond donors (Lipinski definition) is 1. The fourth-order valence-corrected chi connectivity index (χ4v) is 1.88. The molecule has 0 saturated carbocycles. The highest BCUT2D eigenvalue weighted by atomic mass is 35.5. The molecule has 78 valence electrons. The maximum atomic E-state index is 9.88. The molecule has 1 heterocycles. The monoisotopic (exact) mass is 260 g/mol. The molecule has 1 unspecified atom stereocenters. The molecule has 0 saturated heterocycles. The van der Waals surface area contributed by atoms with E-state index < -0.39 is 6.10 Å². The summed E-state index contributed by atoms with van der Waals surface area (Å²) < 4.78 is 4.25. The van der Waals surface area contributed by atoms with E-state index in [2.05, 4.69) is 9.36 Å². The van der Waals surface area contributed by atoms with Crippen LogP contribution in [0.4, 0.5) is 0 Å². The summed E-state index contributed by atoms with van der Waals surface area (Å²) in [6.07, 6.45) is -0.856. The highest BCUT2D eigenvalue weighted by Crippen LogP contribution is 2.23. The molecular formula is C9H6Cl2N2OS. The van der Waals surface area contributed by atoms with Crippen LogP contribution in [0.2, 0.25) is 9.49 Å². The topological polar surface area (TPSA) is 46.0 Å². The lowest BCUT2D eigenvalue weighted by molar-refractivity contribution is 0.211. The fourth-order valence-electron chi connectivity index (χ4n) is 1.12. The van der Waals surface area contributed by atoms with Crippen molar-refractivity contribution in [3.05, 3.63) is 45.1 Å². The van der Waals surface area contributed by atoms with E-state index in [1.807, 2.05) is 0 Å². The zero-order valence-electron chi connectivity index (χ0n) is 7.39. The van der Waals surface area contributed by atoms with Gasteiger partial charge in [-0.05, 0) is 40.8 Å². The van der Waals surface area contributed by atoms with Crippen molar-refractivity contribution in [3.8, 4) is 0 Å². The first kappa shape index (κ1) is 10.8. The molecule has 2 rings (SSSR count). The van der Waals surface area contributed by atoms with E-state index in [1.54, 1.807) is 24.3 Å².